The van der Waals surface area contributed by atoms with Crippen LogP contribution in [0, 0.1) is 0 Å². The summed E-state index contributed by atoms with van der Waals surface area (Å²) in [5, 5.41) is 1.69. The Balaban J connectivity index is 1.25. The monoisotopic (exact) mass is 508 g/mol. The molecule has 35 heavy (non-hydrogen) atoms. The van der Waals surface area contributed by atoms with E-state index in [1.54, 1.807) is 42.5 Å². The first-order valence-corrected chi connectivity index (χ1v) is 11.2. The second-order valence-corrected chi connectivity index (χ2v) is 8.75. The molecule has 0 bridgehead atoms. The second-order valence-electron chi connectivity index (χ2n) is 7.87. The van der Waals surface area contributed by atoms with E-state index in [-0.39, 0.29) is 35.6 Å². The highest BCUT2D eigenvalue weighted by Gasteiger charge is 2.29. The second kappa shape index (κ2) is 8.46. The molecule has 0 spiro atoms. The Morgan fingerprint density at radius 2 is 1.89 bits per heavy atom. The number of fused-ring (bicyclic) bond motifs is 3. The Morgan fingerprint density at radius 3 is 2.77 bits per heavy atom. The predicted molar refractivity (Wildman–Crippen MR) is 127 cm³/mol. The molecule has 7 nitrogen and oxygen atoms in total. The van der Waals surface area contributed by atoms with Crippen molar-refractivity contribution < 1.29 is 33.0 Å². The first kappa shape index (κ1) is 21.7. The smallest absolute Gasteiger partial charge is 0.379 e. The first-order chi connectivity index (χ1) is 16.9. The quantitative estimate of drug-likeness (QED) is 0.179. The third-order valence-corrected chi connectivity index (χ3v) is 5.97. The van der Waals surface area contributed by atoms with Crippen LogP contribution in [0.5, 0.6) is 17.2 Å². The highest BCUT2D eigenvalue weighted by atomic mass is 35.5. The third-order valence-electron chi connectivity index (χ3n) is 5.52. The number of carbonyl (C=O) groups excluding carboxylic acids is 2. The van der Waals surface area contributed by atoms with Crippen LogP contribution in [0.1, 0.15) is 32.0 Å². The molecular formula is C26H14Cl2O7. The average Bonchev–Trinajstić information content (AvgIpc) is 3.39. The molecule has 1 aromatic heterocycles. The van der Waals surface area contributed by atoms with Gasteiger partial charge in [0.2, 0.25) is 11.5 Å². The first-order valence-electron chi connectivity index (χ1n) is 10.5. The number of allylic oxidation sites excluding steroid dienone is 1. The van der Waals surface area contributed by atoms with Crippen LogP contribution in [-0.2, 0) is 11.3 Å². The molecule has 0 unspecified atom stereocenters. The number of esters is 1. The van der Waals surface area contributed by atoms with Gasteiger partial charge in [-0.25, -0.2) is 4.79 Å². The maximum atomic E-state index is 12.9. The molecule has 3 heterocycles. The molecule has 0 aliphatic carbocycles. The van der Waals surface area contributed by atoms with Gasteiger partial charge in [0.05, 0.1) is 12.2 Å². The lowest BCUT2D eigenvalue weighted by Crippen LogP contribution is -2.12. The molecule has 0 fully saturated rings. The number of halogens is 2. The van der Waals surface area contributed by atoms with Gasteiger partial charge in [-0.1, -0.05) is 23.2 Å². The van der Waals surface area contributed by atoms with Crippen LogP contribution in [0.4, 0.5) is 0 Å². The van der Waals surface area contributed by atoms with Gasteiger partial charge in [-0.3, -0.25) is 4.79 Å². The molecule has 0 radical (unpaired) electrons. The number of furan rings is 1. The fourth-order valence-corrected chi connectivity index (χ4v) is 4.39. The number of hydrogen-bond acceptors (Lipinski definition) is 7. The van der Waals surface area contributed by atoms with Crippen LogP contribution in [0.2, 0.25) is 10.0 Å². The standard InChI is InChI=1S/C26H14Cl2O7/c27-16-1-4-20-13(5-16)8-23(34-20)26(30)33-18-2-3-19-21(10-18)35-22(24(19)29)9-14-6-17(28)7-15-11-31-12-32-25(14)15/h1-10H,11-12H2/b22-9-. The molecule has 3 aromatic carbocycles. The van der Waals surface area contributed by atoms with Gasteiger partial charge in [-0.05, 0) is 54.6 Å². The summed E-state index contributed by atoms with van der Waals surface area (Å²) in [5.74, 6) is 0.162. The number of hydrogen-bond donors (Lipinski definition) is 0. The molecule has 0 amide bonds. The molecule has 6 rings (SSSR count). The maximum absolute atomic E-state index is 12.9. The van der Waals surface area contributed by atoms with E-state index in [4.69, 9.17) is 46.6 Å². The van der Waals surface area contributed by atoms with Crippen LogP contribution in [0.15, 0.2) is 64.8 Å². The van der Waals surface area contributed by atoms with Gasteiger partial charge in [-0.15, -0.1) is 0 Å². The van der Waals surface area contributed by atoms with Crippen LogP contribution in [-0.4, -0.2) is 18.5 Å². The summed E-state index contributed by atoms with van der Waals surface area (Å²) >= 11 is 12.2. The van der Waals surface area contributed by atoms with Crippen molar-refractivity contribution in [1.82, 2.24) is 0 Å². The fraction of sp³-hybridized carbons (Fsp3) is 0.0769. The Hall–Kier alpha value is -3.78. The summed E-state index contributed by atoms with van der Waals surface area (Å²) in [4.78, 5) is 25.5. The van der Waals surface area contributed by atoms with Crippen LogP contribution in [0.3, 0.4) is 0 Å². The average molecular weight is 509 g/mol. The number of Topliss-reactive ketones (excluding diaryl/α,β-unsaturated/α-hetero) is 1. The third kappa shape index (κ3) is 4.04. The zero-order chi connectivity index (χ0) is 24.1. The van der Waals surface area contributed by atoms with Crippen molar-refractivity contribution in [2.45, 2.75) is 6.61 Å². The highest BCUT2D eigenvalue weighted by molar-refractivity contribution is 6.31. The molecule has 0 saturated heterocycles. The summed E-state index contributed by atoms with van der Waals surface area (Å²) in [6.45, 7) is 0.459. The molecule has 174 valence electrons. The summed E-state index contributed by atoms with van der Waals surface area (Å²) in [5.41, 5.74) is 2.23. The van der Waals surface area contributed by atoms with Gasteiger partial charge in [0, 0.05) is 32.6 Å². The molecule has 0 N–H and O–H groups in total. The van der Waals surface area contributed by atoms with Gasteiger partial charge < -0.3 is 23.4 Å². The molecule has 2 aliphatic rings. The van der Waals surface area contributed by atoms with E-state index in [2.05, 4.69) is 0 Å². The zero-order valence-electron chi connectivity index (χ0n) is 17.8. The maximum Gasteiger partial charge on any atom is 0.379 e. The van der Waals surface area contributed by atoms with Crippen molar-refractivity contribution in [2.24, 2.45) is 0 Å². The van der Waals surface area contributed by atoms with Gasteiger partial charge in [-0.2, -0.15) is 0 Å². The van der Waals surface area contributed by atoms with Gasteiger partial charge >= 0.3 is 5.97 Å². The van der Waals surface area contributed by atoms with Crippen molar-refractivity contribution in [2.75, 3.05) is 6.79 Å². The lowest BCUT2D eigenvalue weighted by atomic mass is 10.1. The van der Waals surface area contributed by atoms with E-state index in [0.29, 0.717) is 44.5 Å². The minimum absolute atomic E-state index is 0.0232. The highest BCUT2D eigenvalue weighted by Crippen LogP contribution is 2.38. The van der Waals surface area contributed by atoms with E-state index in [9.17, 15) is 9.59 Å². The van der Waals surface area contributed by atoms with Crippen molar-refractivity contribution in [3.63, 3.8) is 0 Å². The number of carbonyl (C=O) groups is 2. The molecule has 9 heteroatoms. The number of ketones is 1. The minimum Gasteiger partial charge on any atom is -0.467 e. The number of benzene rings is 3. The van der Waals surface area contributed by atoms with E-state index in [0.717, 1.165) is 5.56 Å². The summed E-state index contributed by atoms with van der Waals surface area (Å²) in [6, 6.07) is 14.6. The normalized spacial score (nSPS) is 15.5. The van der Waals surface area contributed by atoms with Crippen molar-refractivity contribution in [3.8, 4) is 17.2 Å². The van der Waals surface area contributed by atoms with E-state index < -0.39 is 5.97 Å². The van der Waals surface area contributed by atoms with Crippen molar-refractivity contribution >= 4 is 52.0 Å². The largest absolute Gasteiger partial charge is 0.467 e. The summed E-state index contributed by atoms with van der Waals surface area (Å²) in [7, 11) is 0. The fourth-order valence-electron chi connectivity index (χ4n) is 3.96. The molecule has 4 aromatic rings. The SMILES string of the molecule is O=C(Oc1ccc2c(c1)O/C(=C\c1cc(Cl)cc3c1OCOC3)C2=O)c1cc2cc(Cl)ccc2o1. The Kier molecular flexibility index (Phi) is 5.25. The van der Waals surface area contributed by atoms with Gasteiger partial charge in [0.15, 0.2) is 12.6 Å². The predicted octanol–water partition coefficient (Wildman–Crippen LogP) is 6.44. The Bertz CT molecular complexity index is 1570. The zero-order valence-corrected chi connectivity index (χ0v) is 19.3. The van der Waals surface area contributed by atoms with Crippen molar-refractivity contribution in [1.29, 1.82) is 0 Å². The van der Waals surface area contributed by atoms with Crippen LogP contribution < -0.4 is 14.2 Å². The van der Waals surface area contributed by atoms with Crippen LogP contribution in [0.25, 0.3) is 17.0 Å². The molecule has 0 atom stereocenters. The van der Waals surface area contributed by atoms with Gasteiger partial charge in [0.1, 0.15) is 22.8 Å². The summed E-state index contributed by atoms with van der Waals surface area (Å²) in [6.07, 6.45) is 1.57. The number of rotatable bonds is 3. The topological polar surface area (TPSA) is 84.2 Å². The lowest BCUT2D eigenvalue weighted by molar-refractivity contribution is -0.0165. The van der Waals surface area contributed by atoms with Gasteiger partial charge in [0.25, 0.3) is 0 Å². The Morgan fingerprint density at radius 1 is 1.00 bits per heavy atom. The van der Waals surface area contributed by atoms with E-state index >= 15 is 0 Å². The molecular weight excluding hydrogens is 495 g/mol. The Labute approximate surface area is 208 Å². The van der Waals surface area contributed by atoms with E-state index in [1.165, 1.54) is 18.2 Å². The van der Waals surface area contributed by atoms with Crippen LogP contribution >= 0.6 is 23.2 Å². The molecule has 0 saturated carbocycles. The summed E-state index contributed by atoms with van der Waals surface area (Å²) < 4.78 is 27.7. The number of ether oxygens (including phenoxy) is 4. The van der Waals surface area contributed by atoms with Crippen molar-refractivity contribution in [3.05, 3.63) is 92.9 Å². The molecule has 2 aliphatic heterocycles. The minimum atomic E-state index is -0.692. The lowest BCUT2D eigenvalue weighted by Gasteiger charge is -2.20. The van der Waals surface area contributed by atoms with E-state index in [1.807, 2.05) is 0 Å².